The predicted octanol–water partition coefficient (Wildman–Crippen LogP) is 4.82. The van der Waals surface area contributed by atoms with Crippen LogP contribution in [0.3, 0.4) is 0 Å². The van der Waals surface area contributed by atoms with Crippen molar-refractivity contribution in [1.82, 2.24) is 9.97 Å². The summed E-state index contributed by atoms with van der Waals surface area (Å²) in [7, 11) is 0. The molecule has 0 spiro atoms. The molecule has 156 valence electrons. The summed E-state index contributed by atoms with van der Waals surface area (Å²) in [6.07, 6.45) is 0. The third-order valence-corrected chi connectivity index (χ3v) is 5.41. The summed E-state index contributed by atoms with van der Waals surface area (Å²) >= 11 is 0. The Morgan fingerprint density at radius 1 is 0.806 bits per heavy atom. The van der Waals surface area contributed by atoms with Crippen LogP contribution in [0.25, 0.3) is 10.9 Å². The molecule has 3 aromatic carbocycles. The highest BCUT2D eigenvalue weighted by Gasteiger charge is 2.12. The average molecular weight is 412 g/mol. The lowest BCUT2D eigenvalue weighted by Gasteiger charge is -2.28. The van der Waals surface area contributed by atoms with E-state index in [4.69, 9.17) is 14.7 Å². The SMILES string of the molecule is c1ccc(CNc2nc(Nc3ccc(N4CCOCC4)cc3)nc3ccccc23)cc1. The van der Waals surface area contributed by atoms with Gasteiger partial charge in [0.25, 0.3) is 0 Å². The van der Waals surface area contributed by atoms with Crippen LogP contribution in [-0.2, 0) is 11.3 Å². The summed E-state index contributed by atoms with van der Waals surface area (Å²) in [4.78, 5) is 11.8. The molecule has 0 aliphatic carbocycles. The standard InChI is InChI=1S/C25H25N5O/c1-2-6-19(7-3-1)18-26-24-22-8-4-5-9-23(22)28-25(29-24)27-20-10-12-21(13-11-20)30-14-16-31-17-15-30/h1-13H,14-18H2,(H2,26,27,28,29). The smallest absolute Gasteiger partial charge is 0.229 e. The Labute approximate surface area is 181 Å². The second-order valence-electron chi connectivity index (χ2n) is 7.52. The lowest BCUT2D eigenvalue weighted by molar-refractivity contribution is 0.122. The summed E-state index contributed by atoms with van der Waals surface area (Å²) in [5, 5.41) is 7.84. The van der Waals surface area contributed by atoms with Crippen molar-refractivity contribution < 1.29 is 4.74 Å². The molecule has 0 saturated carbocycles. The molecule has 2 N–H and O–H groups in total. The largest absolute Gasteiger partial charge is 0.378 e. The minimum Gasteiger partial charge on any atom is -0.378 e. The van der Waals surface area contributed by atoms with Gasteiger partial charge in [-0.3, -0.25) is 0 Å². The number of hydrogen-bond donors (Lipinski definition) is 2. The number of fused-ring (bicyclic) bond motifs is 1. The highest BCUT2D eigenvalue weighted by Crippen LogP contribution is 2.25. The number of benzene rings is 3. The Morgan fingerprint density at radius 2 is 1.55 bits per heavy atom. The van der Waals surface area contributed by atoms with E-state index in [9.17, 15) is 0 Å². The quantitative estimate of drug-likeness (QED) is 0.474. The van der Waals surface area contributed by atoms with Crippen LogP contribution in [0.5, 0.6) is 0 Å². The fourth-order valence-electron chi connectivity index (χ4n) is 3.76. The van der Waals surface area contributed by atoms with Crippen LogP contribution in [0, 0.1) is 0 Å². The van der Waals surface area contributed by atoms with Crippen molar-refractivity contribution in [2.45, 2.75) is 6.54 Å². The van der Waals surface area contributed by atoms with Crippen LogP contribution in [-0.4, -0.2) is 36.3 Å². The van der Waals surface area contributed by atoms with Crippen molar-refractivity contribution in [3.05, 3.63) is 84.4 Å². The molecule has 1 aliphatic rings. The number of para-hydroxylation sites is 1. The molecule has 6 nitrogen and oxygen atoms in total. The monoisotopic (exact) mass is 411 g/mol. The van der Waals surface area contributed by atoms with Crippen LogP contribution in [0.2, 0.25) is 0 Å². The van der Waals surface area contributed by atoms with E-state index in [0.29, 0.717) is 12.5 Å². The van der Waals surface area contributed by atoms with E-state index in [2.05, 4.69) is 51.9 Å². The number of hydrogen-bond acceptors (Lipinski definition) is 6. The zero-order chi connectivity index (χ0) is 20.9. The van der Waals surface area contributed by atoms with E-state index < -0.39 is 0 Å². The van der Waals surface area contributed by atoms with Crippen molar-refractivity contribution in [3.63, 3.8) is 0 Å². The van der Waals surface area contributed by atoms with Gasteiger partial charge in [0.2, 0.25) is 5.95 Å². The molecular weight excluding hydrogens is 386 g/mol. The zero-order valence-corrected chi connectivity index (χ0v) is 17.3. The third kappa shape index (κ3) is 4.59. The highest BCUT2D eigenvalue weighted by molar-refractivity contribution is 5.90. The molecule has 4 aromatic rings. The Bertz CT molecular complexity index is 1140. The van der Waals surface area contributed by atoms with Crippen LogP contribution in [0.1, 0.15) is 5.56 Å². The normalized spacial score (nSPS) is 13.9. The Balaban J connectivity index is 1.36. The van der Waals surface area contributed by atoms with Crippen molar-refractivity contribution in [2.24, 2.45) is 0 Å². The molecule has 2 heterocycles. The van der Waals surface area contributed by atoms with E-state index in [1.165, 1.54) is 11.3 Å². The molecular formula is C25H25N5O. The van der Waals surface area contributed by atoms with Crippen LogP contribution < -0.4 is 15.5 Å². The fraction of sp³-hybridized carbons (Fsp3) is 0.200. The van der Waals surface area contributed by atoms with Crippen LogP contribution >= 0.6 is 0 Å². The van der Waals surface area contributed by atoms with E-state index in [1.807, 2.05) is 42.5 Å². The third-order valence-electron chi connectivity index (χ3n) is 5.41. The summed E-state index contributed by atoms with van der Waals surface area (Å²) < 4.78 is 5.44. The van der Waals surface area contributed by atoms with E-state index in [0.717, 1.165) is 48.7 Å². The second-order valence-corrected chi connectivity index (χ2v) is 7.52. The second kappa shape index (κ2) is 9.02. The average Bonchev–Trinajstić information content (AvgIpc) is 2.84. The zero-order valence-electron chi connectivity index (χ0n) is 17.3. The number of ether oxygens (including phenoxy) is 1. The fourth-order valence-corrected chi connectivity index (χ4v) is 3.76. The summed E-state index contributed by atoms with van der Waals surface area (Å²) in [6, 6.07) is 26.8. The molecule has 0 atom stereocenters. The van der Waals surface area contributed by atoms with Gasteiger partial charge in [-0.05, 0) is 42.0 Å². The van der Waals surface area contributed by atoms with Gasteiger partial charge in [-0.1, -0.05) is 42.5 Å². The number of nitrogens with zero attached hydrogens (tertiary/aromatic N) is 3. The first-order valence-electron chi connectivity index (χ1n) is 10.6. The molecule has 0 amide bonds. The summed E-state index contributed by atoms with van der Waals surface area (Å²) in [5.41, 5.74) is 4.28. The number of aromatic nitrogens is 2. The Hall–Kier alpha value is -3.64. The number of anilines is 4. The summed E-state index contributed by atoms with van der Waals surface area (Å²) in [6.45, 7) is 4.12. The number of rotatable bonds is 6. The molecule has 0 radical (unpaired) electrons. The van der Waals surface area contributed by atoms with Crippen molar-refractivity contribution in [3.8, 4) is 0 Å². The topological polar surface area (TPSA) is 62.3 Å². The molecule has 1 aliphatic heterocycles. The Morgan fingerprint density at radius 3 is 2.35 bits per heavy atom. The van der Waals surface area contributed by atoms with Gasteiger partial charge in [0.15, 0.2) is 0 Å². The van der Waals surface area contributed by atoms with Crippen LogP contribution in [0.4, 0.5) is 23.1 Å². The van der Waals surface area contributed by atoms with Gasteiger partial charge in [0.1, 0.15) is 5.82 Å². The first kappa shape index (κ1) is 19.3. The Kier molecular flexibility index (Phi) is 5.62. The minimum atomic E-state index is 0.577. The minimum absolute atomic E-state index is 0.577. The maximum atomic E-state index is 5.44. The van der Waals surface area contributed by atoms with Crippen molar-refractivity contribution in [2.75, 3.05) is 41.8 Å². The van der Waals surface area contributed by atoms with Crippen molar-refractivity contribution >= 4 is 34.0 Å². The molecule has 1 fully saturated rings. The highest BCUT2D eigenvalue weighted by atomic mass is 16.5. The predicted molar refractivity (Wildman–Crippen MR) is 126 cm³/mol. The lowest BCUT2D eigenvalue weighted by Crippen LogP contribution is -2.36. The van der Waals surface area contributed by atoms with Crippen LogP contribution in [0.15, 0.2) is 78.9 Å². The molecule has 1 saturated heterocycles. The molecule has 6 heteroatoms. The lowest BCUT2D eigenvalue weighted by atomic mass is 10.2. The van der Waals surface area contributed by atoms with Gasteiger partial charge in [0, 0.05) is 36.4 Å². The number of nitrogens with one attached hydrogen (secondary N) is 2. The first-order chi connectivity index (χ1) is 15.3. The van der Waals surface area contributed by atoms with E-state index in [-0.39, 0.29) is 0 Å². The van der Waals surface area contributed by atoms with Gasteiger partial charge in [0.05, 0.1) is 18.7 Å². The van der Waals surface area contributed by atoms with Gasteiger partial charge < -0.3 is 20.3 Å². The van der Waals surface area contributed by atoms with E-state index >= 15 is 0 Å². The molecule has 31 heavy (non-hydrogen) atoms. The summed E-state index contributed by atoms with van der Waals surface area (Å²) in [5.74, 6) is 1.40. The van der Waals surface area contributed by atoms with Crippen molar-refractivity contribution in [1.29, 1.82) is 0 Å². The van der Waals surface area contributed by atoms with Gasteiger partial charge >= 0.3 is 0 Å². The maximum Gasteiger partial charge on any atom is 0.229 e. The van der Waals surface area contributed by atoms with Gasteiger partial charge in [-0.25, -0.2) is 4.98 Å². The number of morpholine rings is 1. The molecule has 5 rings (SSSR count). The maximum absolute atomic E-state index is 5.44. The molecule has 0 bridgehead atoms. The molecule has 0 unspecified atom stereocenters. The van der Waals surface area contributed by atoms with Gasteiger partial charge in [-0.2, -0.15) is 4.98 Å². The van der Waals surface area contributed by atoms with E-state index in [1.54, 1.807) is 0 Å². The van der Waals surface area contributed by atoms with Gasteiger partial charge in [-0.15, -0.1) is 0 Å². The first-order valence-corrected chi connectivity index (χ1v) is 10.6. The molecule has 1 aromatic heterocycles.